The molecule has 0 spiro atoms. The third kappa shape index (κ3) is 9.03. The fraction of sp³-hybridized carbons (Fsp3) is 1.00. The van der Waals surface area contributed by atoms with Gasteiger partial charge in [0, 0.05) is 0 Å². The van der Waals surface area contributed by atoms with Crippen LogP contribution >= 0.6 is 0 Å². The summed E-state index contributed by atoms with van der Waals surface area (Å²) in [7, 11) is 0. The number of rotatable bonds is 13. The maximum atomic E-state index is 2.43. The molecule has 0 amide bonds. The van der Waals surface area contributed by atoms with E-state index in [1.165, 1.54) is 64.2 Å². The Morgan fingerprint density at radius 2 is 1.10 bits per heavy atom. The summed E-state index contributed by atoms with van der Waals surface area (Å²) >= 11 is 0. The first-order valence-electron chi connectivity index (χ1n) is 9.60. The van der Waals surface area contributed by atoms with Crippen LogP contribution in [0.5, 0.6) is 0 Å². The molecule has 122 valence electrons. The molecule has 0 N–H and O–H groups in total. The van der Waals surface area contributed by atoms with Crippen molar-refractivity contribution in [2.45, 2.75) is 106 Å². The molecule has 0 aromatic rings. The van der Waals surface area contributed by atoms with Gasteiger partial charge in [-0.3, -0.25) is 0 Å². The van der Waals surface area contributed by atoms with Gasteiger partial charge in [0.2, 0.25) is 0 Å². The van der Waals surface area contributed by atoms with Gasteiger partial charge in [0.25, 0.3) is 0 Å². The summed E-state index contributed by atoms with van der Waals surface area (Å²) in [6.07, 6.45) is 14.2. The molecule has 0 aromatic heterocycles. The van der Waals surface area contributed by atoms with Gasteiger partial charge < -0.3 is 0 Å². The molecular formula is C20H42. The minimum Gasteiger partial charge on any atom is -0.0654 e. The Morgan fingerprint density at radius 1 is 0.600 bits per heavy atom. The predicted molar refractivity (Wildman–Crippen MR) is 94.2 cm³/mol. The second-order valence-corrected chi connectivity index (χ2v) is 7.19. The lowest BCUT2D eigenvalue weighted by molar-refractivity contribution is 0.250. The van der Waals surface area contributed by atoms with Crippen LogP contribution in [-0.2, 0) is 0 Å². The van der Waals surface area contributed by atoms with Gasteiger partial charge >= 0.3 is 0 Å². The van der Waals surface area contributed by atoms with E-state index >= 15 is 0 Å². The molecule has 0 aliphatic carbocycles. The van der Waals surface area contributed by atoms with E-state index in [9.17, 15) is 0 Å². The maximum absolute atomic E-state index is 2.43. The van der Waals surface area contributed by atoms with Crippen molar-refractivity contribution in [1.82, 2.24) is 0 Å². The third-order valence-electron chi connectivity index (χ3n) is 5.46. The second-order valence-electron chi connectivity index (χ2n) is 7.19. The first-order valence-corrected chi connectivity index (χ1v) is 9.60. The number of hydrogen-bond acceptors (Lipinski definition) is 0. The quantitative estimate of drug-likeness (QED) is 0.328. The molecular weight excluding hydrogens is 240 g/mol. The second kappa shape index (κ2) is 12.7. The highest BCUT2D eigenvalue weighted by Gasteiger charge is 2.19. The largest absolute Gasteiger partial charge is 0.0654 e. The molecule has 0 heteroatoms. The molecule has 4 atom stereocenters. The minimum absolute atomic E-state index is 0.916. The van der Waals surface area contributed by atoms with Crippen molar-refractivity contribution in [2.24, 2.45) is 23.7 Å². The maximum Gasteiger partial charge on any atom is -0.0412 e. The Bertz CT molecular complexity index is 196. The molecule has 0 rings (SSSR count). The molecule has 0 radical (unpaired) electrons. The molecule has 4 unspecified atom stereocenters. The average molecular weight is 283 g/mol. The fourth-order valence-corrected chi connectivity index (χ4v) is 3.52. The average Bonchev–Trinajstić information content (AvgIpc) is 2.48. The van der Waals surface area contributed by atoms with E-state index in [0.29, 0.717) is 0 Å². The highest BCUT2D eigenvalue weighted by molar-refractivity contribution is 4.71. The van der Waals surface area contributed by atoms with Gasteiger partial charge in [-0.2, -0.15) is 0 Å². The van der Waals surface area contributed by atoms with Gasteiger partial charge in [0.15, 0.2) is 0 Å². The lowest BCUT2D eigenvalue weighted by Gasteiger charge is -2.27. The van der Waals surface area contributed by atoms with Crippen LogP contribution in [0.4, 0.5) is 0 Å². The van der Waals surface area contributed by atoms with Crippen LogP contribution in [0, 0.1) is 23.7 Å². The topological polar surface area (TPSA) is 0 Å². The summed E-state index contributed by atoms with van der Waals surface area (Å²) in [4.78, 5) is 0. The Balaban J connectivity index is 4.27. The van der Waals surface area contributed by atoms with E-state index in [-0.39, 0.29) is 0 Å². The van der Waals surface area contributed by atoms with E-state index < -0.39 is 0 Å². The zero-order chi connectivity index (χ0) is 15.4. The molecule has 0 fully saturated rings. The van der Waals surface area contributed by atoms with Crippen LogP contribution < -0.4 is 0 Å². The van der Waals surface area contributed by atoms with Gasteiger partial charge in [-0.05, 0) is 42.9 Å². The zero-order valence-corrected chi connectivity index (χ0v) is 15.4. The predicted octanol–water partition coefficient (Wildman–Crippen LogP) is 7.47. The van der Waals surface area contributed by atoms with Crippen LogP contribution in [0.1, 0.15) is 106 Å². The lowest BCUT2D eigenvalue weighted by Crippen LogP contribution is -2.14. The van der Waals surface area contributed by atoms with E-state index in [1.54, 1.807) is 0 Å². The Kier molecular flexibility index (Phi) is 12.7. The summed E-state index contributed by atoms with van der Waals surface area (Å²) < 4.78 is 0. The monoisotopic (exact) mass is 282 g/mol. The molecule has 0 heterocycles. The van der Waals surface area contributed by atoms with Crippen LogP contribution in [0.3, 0.4) is 0 Å². The van der Waals surface area contributed by atoms with Crippen molar-refractivity contribution in [2.75, 3.05) is 0 Å². The van der Waals surface area contributed by atoms with Crippen molar-refractivity contribution in [3.8, 4) is 0 Å². The smallest absolute Gasteiger partial charge is 0.0412 e. The van der Waals surface area contributed by atoms with E-state index in [2.05, 4.69) is 41.5 Å². The molecule has 0 bridgehead atoms. The molecule has 20 heavy (non-hydrogen) atoms. The summed E-state index contributed by atoms with van der Waals surface area (Å²) in [6, 6.07) is 0. The standard InChI is InChI=1S/C20H42/c1-7-12-13-18(9-3)15-20(11-5)16-19(10-4)14-17(6)8-2/h17-20H,7-16H2,1-6H3. The summed E-state index contributed by atoms with van der Waals surface area (Å²) in [6.45, 7) is 14.3. The van der Waals surface area contributed by atoms with Crippen molar-refractivity contribution in [3.05, 3.63) is 0 Å². The highest BCUT2D eigenvalue weighted by atomic mass is 14.2. The van der Waals surface area contributed by atoms with E-state index in [0.717, 1.165) is 23.7 Å². The summed E-state index contributed by atoms with van der Waals surface area (Å²) in [5.41, 5.74) is 0. The van der Waals surface area contributed by atoms with E-state index in [1.807, 2.05) is 0 Å². The Morgan fingerprint density at radius 3 is 1.55 bits per heavy atom. The SMILES string of the molecule is CCCCC(CC)CC(CC)CC(CC)CC(C)CC. The van der Waals surface area contributed by atoms with Crippen molar-refractivity contribution < 1.29 is 0 Å². The molecule has 0 aliphatic rings. The van der Waals surface area contributed by atoms with Crippen LogP contribution in [0.2, 0.25) is 0 Å². The van der Waals surface area contributed by atoms with E-state index in [4.69, 9.17) is 0 Å². The zero-order valence-electron chi connectivity index (χ0n) is 15.4. The first kappa shape index (κ1) is 20.0. The van der Waals surface area contributed by atoms with Crippen LogP contribution in [0.15, 0.2) is 0 Å². The molecule has 0 aliphatic heterocycles. The summed E-state index contributed by atoms with van der Waals surface area (Å²) in [5.74, 6) is 3.85. The van der Waals surface area contributed by atoms with Gasteiger partial charge in [-0.15, -0.1) is 0 Å². The normalized spacial score (nSPS) is 17.7. The van der Waals surface area contributed by atoms with Crippen molar-refractivity contribution >= 4 is 0 Å². The Labute approximate surface area is 130 Å². The molecule has 0 nitrogen and oxygen atoms in total. The summed E-state index contributed by atoms with van der Waals surface area (Å²) in [5, 5.41) is 0. The number of hydrogen-bond donors (Lipinski definition) is 0. The van der Waals surface area contributed by atoms with Gasteiger partial charge in [-0.1, -0.05) is 86.5 Å². The minimum atomic E-state index is 0.916. The van der Waals surface area contributed by atoms with Crippen LogP contribution in [-0.4, -0.2) is 0 Å². The van der Waals surface area contributed by atoms with Crippen molar-refractivity contribution in [1.29, 1.82) is 0 Å². The van der Waals surface area contributed by atoms with Crippen LogP contribution in [0.25, 0.3) is 0 Å². The highest BCUT2D eigenvalue weighted by Crippen LogP contribution is 2.31. The van der Waals surface area contributed by atoms with Gasteiger partial charge in [-0.25, -0.2) is 0 Å². The van der Waals surface area contributed by atoms with Crippen molar-refractivity contribution in [3.63, 3.8) is 0 Å². The molecule has 0 aromatic carbocycles. The first-order chi connectivity index (χ1) is 9.60. The Hall–Kier alpha value is 0. The lowest BCUT2D eigenvalue weighted by atomic mass is 9.79. The molecule has 0 saturated heterocycles. The van der Waals surface area contributed by atoms with Gasteiger partial charge in [0.05, 0.1) is 0 Å². The fourth-order valence-electron chi connectivity index (χ4n) is 3.52. The van der Waals surface area contributed by atoms with Gasteiger partial charge in [0.1, 0.15) is 0 Å². The molecule has 0 saturated carbocycles. The number of unbranched alkanes of at least 4 members (excludes halogenated alkanes) is 1. The third-order valence-corrected chi connectivity index (χ3v) is 5.46.